The van der Waals surface area contributed by atoms with Gasteiger partial charge < -0.3 is 25.2 Å². The molecule has 1 aromatic carbocycles. The first kappa shape index (κ1) is 44.8. The molecule has 1 heterocycles. The summed E-state index contributed by atoms with van der Waals surface area (Å²) in [5, 5.41) is 24.9. The molecule has 47 heavy (non-hydrogen) atoms. The van der Waals surface area contributed by atoms with E-state index in [1.54, 1.807) is 24.4 Å². The number of hydrogen-bond donors (Lipinski definition) is 3. The Kier molecular flexibility index (Phi) is 27.8. The molecule has 1 aromatic heterocycles. The highest BCUT2D eigenvalue weighted by Gasteiger charge is 2.16. The van der Waals surface area contributed by atoms with Crippen molar-refractivity contribution in [1.82, 2.24) is 15.6 Å². The predicted octanol–water partition coefficient (Wildman–Crippen LogP) is 8.26. The maximum absolute atomic E-state index is 10.1. The highest BCUT2D eigenvalue weighted by Crippen LogP contribution is 2.30. The third kappa shape index (κ3) is 18.4. The molecule has 0 aliphatic rings. The van der Waals surface area contributed by atoms with Gasteiger partial charge in [0.1, 0.15) is 19.3 Å². The lowest BCUT2D eigenvalue weighted by molar-refractivity contribution is 0.197. The molecule has 3 N–H and O–H groups in total. The van der Waals surface area contributed by atoms with Gasteiger partial charge in [0.25, 0.3) is 0 Å². The number of benzene rings is 1. The number of nitrogens with one attached hydrogen (secondary N) is 2. The molecule has 0 aliphatic heterocycles. The summed E-state index contributed by atoms with van der Waals surface area (Å²) in [7, 11) is 3.75. The monoisotopic (exact) mass is 645 g/mol. The van der Waals surface area contributed by atoms with Crippen LogP contribution in [0.25, 0.3) is 5.57 Å². The lowest BCUT2D eigenvalue weighted by atomic mass is 9.90. The van der Waals surface area contributed by atoms with Crippen LogP contribution < -0.4 is 15.4 Å². The third-order valence-electron chi connectivity index (χ3n) is 5.85. The highest BCUT2D eigenvalue weighted by molar-refractivity contribution is 5.86. The first-order valence-electron chi connectivity index (χ1n) is 16.1. The number of ether oxygens (including phenoxy) is 2. The van der Waals surface area contributed by atoms with Gasteiger partial charge in [0, 0.05) is 37.0 Å². The Morgan fingerprint density at radius 3 is 2.28 bits per heavy atom. The van der Waals surface area contributed by atoms with Crippen LogP contribution in [0.3, 0.4) is 0 Å². The van der Waals surface area contributed by atoms with E-state index in [9.17, 15) is 5.26 Å². The summed E-state index contributed by atoms with van der Waals surface area (Å²) in [6.07, 6.45) is 10.3. The lowest BCUT2D eigenvalue weighted by Crippen LogP contribution is -2.17. The quantitative estimate of drug-likeness (QED) is 0.0588. The number of nitrogens with zero attached hydrogens (tertiary/aromatic N) is 3. The number of aromatic nitrogens is 1. The molecule has 0 aliphatic carbocycles. The van der Waals surface area contributed by atoms with Gasteiger partial charge in [-0.1, -0.05) is 88.8 Å². The van der Waals surface area contributed by atoms with E-state index >= 15 is 0 Å². The SMILES string of the molecule is C=C/C(COc1ccc(CNCCO)cn1)=C(C#N)\C(=C/C)c1cccc(CO/C(=C/C=C(C)C)N=C)c1C.CC.CCC.CNC. The number of allylic oxidation sites excluding steroid dienone is 6. The molecule has 258 valence electrons. The molecule has 0 atom stereocenters. The normalized spacial score (nSPS) is 11.0. The van der Waals surface area contributed by atoms with Crippen LogP contribution in [0.1, 0.15) is 77.1 Å². The fourth-order valence-corrected chi connectivity index (χ4v) is 3.70. The minimum atomic E-state index is 0.0833. The smallest absolute Gasteiger partial charge is 0.213 e. The number of pyridine rings is 1. The number of hydrogen-bond acceptors (Lipinski definition) is 8. The van der Waals surface area contributed by atoms with Gasteiger partial charge in [-0.25, -0.2) is 9.98 Å². The van der Waals surface area contributed by atoms with Gasteiger partial charge in [0.05, 0.1) is 12.2 Å². The van der Waals surface area contributed by atoms with Crippen LogP contribution in [0.2, 0.25) is 0 Å². The van der Waals surface area contributed by atoms with Gasteiger partial charge in [0.2, 0.25) is 11.8 Å². The average Bonchev–Trinajstić information content (AvgIpc) is 3.08. The summed E-state index contributed by atoms with van der Waals surface area (Å²) in [4.78, 5) is 8.31. The van der Waals surface area contributed by atoms with Crippen molar-refractivity contribution < 1.29 is 14.6 Å². The summed E-state index contributed by atoms with van der Waals surface area (Å²) in [5.74, 6) is 0.890. The first-order chi connectivity index (χ1) is 22.7. The first-order valence-corrected chi connectivity index (χ1v) is 16.1. The zero-order valence-corrected chi connectivity index (χ0v) is 30.5. The molecule has 0 bridgehead atoms. The molecule has 0 saturated carbocycles. The Labute approximate surface area is 285 Å². The van der Waals surface area contributed by atoms with Crippen LogP contribution in [0.4, 0.5) is 0 Å². The third-order valence-corrected chi connectivity index (χ3v) is 5.85. The second kappa shape index (κ2) is 29.1. The van der Waals surface area contributed by atoms with Crippen molar-refractivity contribution in [3.05, 3.63) is 112 Å². The van der Waals surface area contributed by atoms with Gasteiger partial charge in [-0.2, -0.15) is 5.26 Å². The van der Waals surface area contributed by atoms with Crippen LogP contribution in [-0.4, -0.2) is 50.7 Å². The van der Waals surface area contributed by atoms with Gasteiger partial charge in [0.15, 0.2) is 0 Å². The van der Waals surface area contributed by atoms with Crippen molar-refractivity contribution >= 4 is 12.3 Å². The van der Waals surface area contributed by atoms with Gasteiger partial charge in [-0.15, -0.1) is 0 Å². The van der Waals surface area contributed by atoms with E-state index in [0.717, 1.165) is 33.4 Å². The standard InChI is InChI=1S/C32H38N4O3.C3H8.C2H7N.C2H6/c1-7-26(21-39-32-15-13-25(20-36-32)19-35-16-17-37)30(18-33)28(8-2)29-11-9-10-27(24(29)5)22-38-31(34-6)14-12-23(3)4;2*1-3-2;1-2/h7-15,20,35,37H,1,6,16-17,19,21-22H2,2-5H3;3H2,1-2H3;3H,1-2H3;1-2H3/b28-8-,30-26+,31-14+;;;. The summed E-state index contributed by atoms with van der Waals surface area (Å²) in [5.41, 5.74) is 6.94. The van der Waals surface area contributed by atoms with Gasteiger partial charge in [-0.3, -0.25) is 0 Å². The van der Waals surface area contributed by atoms with E-state index < -0.39 is 0 Å². The van der Waals surface area contributed by atoms with Crippen LogP contribution in [0.15, 0.2) is 95.0 Å². The van der Waals surface area contributed by atoms with Crippen molar-refractivity contribution in [2.45, 2.75) is 75.0 Å². The van der Waals surface area contributed by atoms with Crippen molar-refractivity contribution in [1.29, 1.82) is 5.26 Å². The maximum Gasteiger partial charge on any atom is 0.213 e. The van der Waals surface area contributed by atoms with Crippen LogP contribution >= 0.6 is 0 Å². The Bertz CT molecular complexity index is 1330. The predicted molar refractivity (Wildman–Crippen MR) is 200 cm³/mol. The molecule has 8 nitrogen and oxygen atoms in total. The zero-order valence-electron chi connectivity index (χ0n) is 30.5. The largest absolute Gasteiger partial charge is 0.473 e. The summed E-state index contributed by atoms with van der Waals surface area (Å²) in [6, 6.07) is 12.0. The van der Waals surface area contributed by atoms with Crippen LogP contribution in [0, 0.1) is 18.3 Å². The maximum atomic E-state index is 10.1. The number of aliphatic hydroxyl groups is 1. The molecule has 0 radical (unpaired) electrons. The fourth-order valence-electron chi connectivity index (χ4n) is 3.70. The van der Waals surface area contributed by atoms with Crippen LogP contribution in [0.5, 0.6) is 5.88 Å². The molecular formula is C39H59N5O3. The minimum Gasteiger partial charge on any atom is -0.473 e. The Hall–Kier alpha value is -4.29. The van der Waals surface area contributed by atoms with Crippen molar-refractivity contribution in [2.24, 2.45) is 4.99 Å². The highest BCUT2D eigenvalue weighted by atomic mass is 16.5. The fraction of sp³-hybridized carbons (Fsp3) is 0.410. The molecule has 0 unspecified atom stereocenters. The number of aliphatic imine (C=N–C) groups is 1. The van der Waals surface area contributed by atoms with E-state index in [1.807, 2.05) is 92.1 Å². The lowest BCUT2D eigenvalue weighted by Gasteiger charge is -2.16. The zero-order chi connectivity index (χ0) is 36.0. The molecule has 0 fully saturated rings. The molecule has 2 aromatic rings. The summed E-state index contributed by atoms with van der Waals surface area (Å²) in [6.45, 7) is 25.4. The van der Waals surface area contributed by atoms with E-state index in [-0.39, 0.29) is 13.2 Å². The van der Waals surface area contributed by atoms with E-state index in [1.165, 1.54) is 6.42 Å². The Morgan fingerprint density at radius 1 is 1.13 bits per heavy atom. The Balaban J connectivity index is 0. The molecular weight excluding hydrogens is 586 g/mol. The minimum absolute atomic E-state index is 0.0833. The van der Waals surface area contributed by atoms with Gasteiger partial charge >= 0.3 is 0 Å². The van der Waals surface area contributed by atoms with E-state index in [0.29, 0.717) is 42.6 Å². The molecule has 8 heteroatoms. The molecule has 0 spiro atoms. The van der Waals surface area contributed by atoms with E-state index in [4.69, 9.17) is 14.6 Å². The Morgan fingerprint density at radius 2 is 1.79 bits per heavy atom. The second-order valence-corrected chi connectivity index (χ2v) is 10.1. The molecule has 0 saturated heterocycles. The van der Waals surface area contributed by atoms with Crippen LogP contribution in [-0.2, 0) is 17.9 Å². The van der Waals surface area contributed by atoms with Gasteiger partial charge in [-0.05, 0) is 76.3 Å². The molecule has 0 amide bonds. The van der Waals surface area contributed by atoms with Crippen molar-refractivity contribution in [3.63, 3.8) is 0 Å². The van der Waals surface area contributed by atoms with Crippen molar-refractivity contribution in [2.75, 3.05) is 33.9 Å². The van der Waals surface area contributed by atoms with Crippen molar-refractivity contribution in [3.8, 4) is 11.9 Å². The average molecular weight is 646 g/mol. The molecule has 2 rings (SSSR count). The number of aliphatic hydroxyl groups excluding tert-OH is 1. The topological polar surface area (TPSA) is 112 Å². The summed E-state index contributed by atoms with van der Waals surface area (Å²) >= 11 is 0. The number of nitriles is 1. The second-order valence-electron chi connectivity index (χ2n) is 10.1. The summed E-state index contributed by atoms with van der Waals surface area (Å²) < 4.78 is 11.8. The van der Waals surface area contributed by atoms with E-state index in [2.05, 4.69) is 53.8 Å². The number of rotatable bonds is 15.